The predicted molar refractivity (Wildman–Crippen MR) is 105 cm³/mol. The van der Waals surface area contributed by atoms with E-state index in [1.165, 1.54) is 22.6 Å². The van der Waals surface area contributed by atoms with Crippen LogP contribution in [0.3, 0.4) is 0 Å². The van der Waals surface area contributed by atoms with Crippen molar-refractivity contribution in [2.45, 2.75) is 27.3 Å². The number of hydrogen-bond donors (Lipinski definition) is 0. The molecule has 0 saturated carbocycles. The highest BCUT2D eigenvalue weighted by atomic mass is 19.1. The second kappa shape index (κ2) is 6.41. The lowest BCUT2D eigenvalue weighted by atomic mass is 10.1. The standard InChI is InChI=1S/C23H21FN2/c1-15-8-10-18(11-9-15)22-23-20(12-13-25-22)16(2)17(3)26(23)14-19-6-4-5-7-21(19)24/h4-13H,14H2,1-3H3. The number of aryl methyl sites for hydroxylation is 2. The van der Waals surface area contributed by atoms with Gasteiger partial charge in [-0.2, -0.15) is 0 Å². The molecule has 3 heteroatoms. The maximum absolute atomic E-state index is 14.3. The third-order valence-corrected chi connectivity index (χ3v) is 5.16. The van der Waals surface area contributed by atoms with E-state index in [0.717, 1.165) is 22.5 Å². The summed E-state index contributed by atoms with van der Waals surface area (Å²) in [5, 5.41) is 1.17. The van der Waals surface area contributed by atoms with Gasteiger partial charge in [0.25, 0.3) is 0 Å². The Hall–Kier alpha value is -2.94. The average Bonchev–Trinajstić information content (AvgIpc) is 2.89. The number of rotatable bonds is 3. The molecule has 2 aromatic carbocycles. The largest absolute Gasteiger partial charge is 0.338 e. The third kappa shape index (κ3) is 2.70. The van der Waals surface area contributed by atoms with Gasteiger partial charge in [0.15, 0.2) is 0 Å². The highest BCUT2D eigenvalue weighted by Gasteiger charge is 2.17. The van der Waals surface area contributed by atoms with Gasteiger partial charge in [0.2, 0.25) is 0 Å². The molecule has 130 valence electrons. The predicted octanol–water partition coefficient (Wildman–Crippen LogP) is 5.82. The monoisotopic (exact) mass is 344 g/mol. The number of nitrogens with zero attached hydrogens (tertiary/aromatic N) is 2. The third-order valence-electron chi connectivity index (χ3n) is 5.16. The topological polar surface area (TPSA) is 17.8 Å². The number of fused-ring (bicyclic) bond motifs is 1. The summed E-state index contributed by atoms with van der Waals surface area (Å²) in [7, 11) is 0. The molecule has 0 amide bonds. The quantitative estimate of drug-likeness (QED) is 0.458. The molecular formula is C23H21FN2. The molecule has 2 heterocycles. The van der Waals surface area contributed by atoms with E-state index >= 15 is 0 Å². The first-order valence-corrected chi connectivity index (χ1v) is 8.81. The Balaban J connectivity index is 1.96. The van der Waals surface area contributed by atoms with Crippen LogP contribution in [0.25, 0.3) is 22.2 Å². The summed E-state index contributed by atoms with van der Waals surface area (Å²) in [5.41, 5.74) is 7.34. The van der Waals surface area contributed by atoms with E-state index < -0.39 is 0 Å². The van der Waals surface area contributed by atoms with Gasteiger partial charge in [-0.15, -0.1) is 0 Å². The van der Waals surface area contributed by atoms with E-state index in [1.54, 1.807) is 6.07 Å². The molecule has 0 radical (unpaired) electrons. The van der Waals surface area contributed by atoms with Crippen molar-refractivity contribution >= 4 is 10.9 Å². The molecule has 4 aromatic rings. The Labute approximate surface area is 152 Å². The minimum atomic E-state index is -0.174. The Kier molecular flexibility index (Phi) is 4.08. The zero-order valence-electron chi connectivity index (χ0n) is 15.3. The van der Waals surface area contributed by atoms with E-state index in [-0.39, 0.29) is 5.82 Å². The van der Waals surface area contributed by atoms with Crippen LogP contribution >= 0.6 is 0 Å². The van der Waals surface area contributed by atoms with Gasteiger partial charge in [0.1, 0.15) is 5.82 Å². The summed E-state index contributed by atoms with van der Waals surface area (Å²) in [6, 6.07) is 17.4. The highest BCUT2D eigenvalue weighted by Crippen LogP contribution is 2.33. The summed E-state index contributed by atoms with van der Waals surface area (Å²) in [6.07, 6.45) is 1.86. The SMILES string of the molecule is Cc1ccc(-c2nccc3c(C)c(C)n(Cc4ccccc4F)c23)cc1. The first-order chi connectivity index (χ1) is 12.6. The normalized spacial score (nSPS) is 11.2. The van der Waals surface area contributed by atoms with Crippen molar-refractivity contribution < 1.29 is 4.39 Å². The van der Waals surface area contributed by atoms with Gasteiger partial charge in [-0.3, -0.25) is 4.98 Å². The Bertz CT molecular complexity index is 1090. The van der Waals surface area contributed by atoms with Crippen LogP contribution in [0.5, 0.6) is 0 Å². The summed E-state index contributed by atoms with van der Waals surface area (Å²) in [4.78, 5) is 4.67. The van der Waals surface area contributed by atoms with E-state index in [4.69, 9.17) is 0 Å². The van der Waals surface area contributed by atoms with Crippen molar-refractivity contribution in [2.75, 3.05) is 0 Å². The molecule has 0 aliphatic carbocycles. The van der Waals surface area contributed by atoms with Gasteiger partial charge in [0.05, 0.1) is 17.8 Å². The zero-order chi connectivity index (χ0) is 18.3. The van der Waals surface area contributed by atoms with Gasteiger partial charge in [-0.1, -0.05) is 48.0 Å². The number of halogens is 1. The lowest BCUT2D eigenvalue weighted by Gasteiger charge is -2.12. The van der Waals surface area contributed by atoms with Gasteiger partial charge < -0.3 is 4.57 Å². The molecule has 4 rings (SSSR count). The Morgan fingerprint density at radius 2 is 1.65 bits per heavy atom. The minimum absolute atomic E-state index is 0.174. The minimum Gasteiger partial charge on any atom is -0.338 e. The number of benzene rings is 2. The fourth-order valence-corrected chi connectivity index (χ4v) is 3.51. The van der Waals surface area contributed by atoms with Crippen molar-refractivity contribution in [2.24, 2.45) is 0 Å². The molecule has 0 atom stereocenters. The van der Waals surface area contributed by atoms with Gasteiger partial charge in [-0.05, 0) is 38.5 Å². The molecule has 0 aliphatic heterocycles. The van der Waals surface area contributed by atoms with Crippen LogP contribution in [-0.4, -0.2) is 9.55 Å². The fourth-order valence-electron chi connectivity index (χ4n) is 3.51. The van der Waals surface area contributed by atoms with Crippen molar-refractivity contribution in [3.8, 4) is 11.3 Å². The van der Waals surface area contributed by atoms with Crippen molar-refractivity contribution in [1.82, 2.24) is 9.55 Å². The fraction of sp³-hybridized carbons (Fsp3) is 0.174. The number of pyridine rings is 1. The molecule has 0 spiro atoms. The summed E-state index contributed by atoms with van der Waals surface area (Å²) >= 11 is 0. The van der Waals surface area contributed by atoms with Crippen LogP contribution < -0.4 is 0 Å². The van der Waals surface area contributed by atoms with Crippen LogP contribution in [0.15, 0.2) is 60.8 Å². The van der Waals surface area contributed by atoms with E-state index in [1.807, 2.05) is 24.4 Å². The molecular weight excluding hydrogens is 323 g/mol. The van der Waals surface area contributed by atoms with E-state index in [0.29, 0.717) is 12.1 Å². The second-order valence-electron chi connectivity index (χ2n) is 6.81. The maximum Gasteiger partial charge on any atom is 0.128 e. The zero-order valence-corrected chi connectivity index (χ0v) is 15.3. The molecule has 0 N–H and O–H groups in total. The molecule has 26 heavy (non-hydrogen) atoms. The molecule has 0 bridgehead atoms. The van der Waals surface area contributed by atoms with Crippen LogP contribution in [0.1, 0.15) is 22.4 Å². The molecule has 2 nitrogen and oxygen atoms in total. The van der Waals surface area contributed by atoms with Crippen LogP contribution in [0.2, 0.25) is 0 Å². The first-order valence-electron chi connectivity index (χ1n) is 8.81. The van der Waals surface area contributed by atoms with Crippen molar-refractivity contribution in [3.05, 3.63) is 89.0 Å². The molecule has 0 fully saturated rings. The summed E-state index contributed by atoms with van der Waals surface area (Å²) in [5.74, 6) is -0.174. The Morgan fingerprint density at radius 1 is 0.923 bits per heavy atom. The van der Waals surface area contributed by atoms with Crippen LogP contribution in [0.4, 0.5) is 4.39 Å². The van der Waals surface area contributed by atoms with Crippen LogP contribution in [-0.2, 0) is 6.54 Å². The van der Waals surface area contributed by atoms with Gasteiger partial charge >= 0.3 is 0 Å². The number of aromatic nitrogens is 2. The number of hydrogen-bond acceptors (Lipinski definition) is 1. The maximum atomic E-state index is 14.3. The van der Waals surface area contributed by atoms with Gasteiger partial charge in [0, 0.05) is 28.4 Å². The lowest BCUT2D eigenvalue weighted by Crippen LogP contribution is -2.05. The van der Waals surface area contributed by atoms with E-state index in [9.17, 15) is 4.39 Å². The van der Waals surface area contributed by atoms with E-state index in [2.05, 4.69) is 54.6 Å². The molecule has 2 aromatic heterocycles. The lowest BCUT2D eigenvalue weighted by molar-refractivity contribution is 0.600. The highest BCUT2D eigenvalue weighted by molar-refractivity contribution is 5.95. The first kappa shape index (κ1) is 16.5. The molecule has 0 unspecified atom stereocenters. The molecule has 0 saturated heterocycles. The smallest absolute Gasteiger partial charge is 0.128 e. The summed E-state index contributed by atoms with van der Waals surface area (Å²) < 4.78 is 16.4. The van der Waals surface area contributed by atoms with Crippen molar-refractivity contribution in [3.63, 3.8) is 0 Å². The Morgan fingerprint density at radius 3 is 2.38 bits per heavy atom. The van der Waals surface area contributed by atoms with Crippen molar-refractivity contribution in [1.29, 1.82) is 0 Å². The molecule has 0 aliphatic rings. The van der Waals surface area contributed by atoms with Gasteiger partial charge in [-0.25, -0.2) is 4.39 Å². The summed E-state index contributed by atoms with van der Waals surface area (Å²) in [6.45, 7) is 6.78. The van der Waals surface area contributed by atoms with Crippen LogP contribution in [0, 0.1) is 26.6 Å². The average molecular weight is 344 g/mol. The second-order valence-corrected chi connectivity index (χ2v) is 6.81.